The van der Waals surface area contributed by atoms with Gasteiger partial charge in [0.05, 0.1) is 12.1 Å². The molecule has 0 radical (unpaired) electrons. The maximum atomic E-state index is 12.5. The zero-order valence-corrected chi connectivity index (χ0v) is 10.6. The van der Waals surface area contributed by atoms with Gasteiger partial charge >= 0.3 is 18.2 Å². The van der Waals surface area contributed by atoms with E-state index in [0.717, 1.165) is 0 Å². The molecule has 0 aromatic rings. The standard InChI is InChI=1S/C11H14F3NO4/c1-10(2,3)19-9(18)15-5-6(11(12,13)14)4-7(15)8(16)17/h4,7H,5H2,1-3H3,(H,16,17)/t7-/m0/s1. The predicted molar refractivity (Wildman–Crippen MR) is 58.5 cm³/mol. The van der Waals surface area contributed by atoms with Crippen LogP contribution in [0, 0.1) is 0 Å². The van der Waals surface area contributed by atoms with Crippen molar-refractivity contribution < 1.29 is 32.6 Å². The van der Waals surface area contributed by atoms with E-state index < -0.39 is 42.0 Å². The highest BCUT2D eigenvalue weighted by atomic mass is 19.4. The van der Waals surface area contributed by atoms with E-state index >= 15 is 0 Å². The van der Waals surface area contributed by atoms with Crippen LogP contribution in [0.2, 0.25) is 0 Å². The Morgan fingerprint density at radius 1 is 1.37 bits per heavy atom. The number of hydrogen-bond donors (Lipinski definition) is 1. The van der Waals surface area contributed by atoms with Crippen LogP contribution in [-0.4, -0.2) is 46.4 Å². The van der Waals surface area contributed by atoms with Gasteiger partial charge < -0.3 is 9.84 Å². The summed E-state index contributed by atoms with van der Waals surface area (Å²) in [5.41, 5.74) is -1.98. The molecule has 0 bridgehead atoms. The highest BCUT2D eigenvalue weighted by molar-refractivity contribution is 5.83. The molecule has 1 aliphatic rings. The van der Waals surface area contributed by atoms with Gasteiger partial charge in [0, 0.05) is 0 Å². The van der Waals surface area contributed by atoms with Gasteiger partial charge in [-0.1, -0.05) is 0 Å². The van der Waals surface area contributed by atoms with Crippen molar-refractivity contribution in [2.24, 2.45) is 0 Å². The first-order chi connectivity index (χ1) is 8.42. The van der Waals surface area contributed by atoms with Crippen LogP contribution in [0.15, 0.2) is 11.6 Å². The van der Waals surface area contributed by atoms with Crippen LogP contribution in [0.3, 0.4) is 0 Å². The quantitative estimate of drug-likeness (QED) is 0.748. The molecular formula is C11H14F3NO4. The van der Waals surface area contributed by atoms with Crippen LogP contribution in [0.4, 0.5) is 18.0 Å². The minimum Gasteiger partial charge on any atom is -0.479 e. The van der Waals surface area contributed by atoms with E-state index in [2.05, 4.69) is 0 Å². The molecule has 0 aromatic carbocycles. The molecule has 1 rings (SSSR count). The summed E-state index contributed by atoms with van der Waals surface area (Å²) in [7, 11) is 0. The monoisotopic (exact) mass is 281 g/mol. The summed E-state index contributed by atoms with van der Waals surface area (Å²) in [5.74, 6) is -1.54. The number of carbonyl (C=O) groups is 2. The van der Waals surface area contributed by atoms with Gasteiger partial charge in [-0.05, 0) is 26.8 Å². The third kappa shape index (κ3) is 3.87. The summed E-state index contributed by atoms with van der Waals surface area (Å²) in [4.78, 5) is 23.1. The minimum absolute atomic E-state index is 0.520. The molecule has 0 unspecified atom stereocenters. The first kappa shape index (κ1) is 15.3. The first-order valence-corrected chi connectivity index (χ1v) is 5.42. The number of amides is 1. The van der Waals surface area contributed by atoms with Crippen LogP contribution in [0.25, 0.3) is 0 Å². The van der Waals surface area contributed by atoms with Gasteiger partial charge in [-0.25, -0.2) is 9.59 Å². The Bertz CT molecular complexity index is 423. The van der Waals surface area contributed by atoms with Gasteiger partial charge in [-0.2, -0.15) is 13.2 Å². The van der Waals surface area contributed by atoms with Crippen molar-refractivity contribution in [2.45, 2.75) is 38.6 Å². The van der Waals surface area contributed by atoms with E-state index in [0.29, 0.717) is 11.0 Å². The Hall–Kier alpha value is -1.73. The number of nitrogens with zero attached hydrogens (tertiary/aromatic N) is 1. The van der Waals surface area contributed by atoms with Crippen molar-refractivity contribution in [3.8, 4) is 0 Å². The second-order valence-corrected chi connectivity index (χ2v) is 5.08. The summed E-state index contributed by atoms with van der Waals surface area (Å²) in [6.45, 7) is 3.79. The fraction of sp³-hybridized carbons (Fsp3) is 0.636. The molecule has 0 aliphatic carbocycles. The number of aliphatic carboxylic acids is 1. The van der Waals surface area contributed by atoms with E-state index in [1.54, 1.807) is 0 Å². The lowest BCUT2D eigenvalue weighted by Gasteiger charge is -2.27. The first-order valence-electron chi connectivity index (χ1n) is 5.42. The van der Waals surface area contributed by atoms with Crippen LogP contribution in [0.1, 0.15) is 20.8 Å². The van der Waals surface area contributed by atoms with Gasteiger partial charge in [0.2, 0.25) is 0 Å². The summed E-state index contributed by atoms with van der Waals surface area (Å²) >= 11 is 0. The average molecular weight is 281 g/mol. The van der Waals surface area contributed by atoms with Gasteiger partial charge in [0.15, 0.2) is 6.04 Å². The minimum atomic E-state index is -4.66. The number of rotatable bonds is 1. The normalized spacial score (nSPS) is 20.2. The summed E-state index contributed by atoms with van der Waals surface area (Å²) < 4.78 is 42.5. The molecule has 0 aromatic heterocycles. The second kappa shape index (κ2) is 4.75. The molecule has 1 atom stereocenters. The van der Waals surface area contributed by atoms with Gasteiger partial charge in [-0.3, -0.25) is 4.90 Å². The molecule has 5 nitrogen and oxygen atoms in total. The van der Waals surface area contributed by atoms with Crippen molar-refractivity contribution in [1.29, 1.82) is 0 Å². The molecule has 1 N–H and O–H groups in total. The highest BCUT2D eigenvalue weighted by Crippen LogP contribution is 2.32. The van der Waals surface area contributed by atoms with Crippen molar-refractivity contribution in [2.75, 3.05) is 6.54 Å². The van der Waals surface area contributed by atoms with Crippen molar-refractivity contribution in [1.82, 2.24) is 4.90 Å². The number of carbonyl (C=O) groups excluding carboxylic acids is 1. The summed E-state index contributed by atoms with van der Waals surface area (Å²) in [6, 6.07) is -1.66. The van der Waals surface area contributed by atoms with E-state index in [4.69, 9.17) is 9.84 Å². The maximum absolute atomic E-state index is 12.5. The zero-order chi connectivity index (χ0) is 15.0. The molecule has 1 amide bonds. The third-order valence-corrected chi connectivity index (χ3v) is 2.28. The highest BCUT2D eigenvalue weighted by Gasteiger charge is 2.45. The Morgan fingerprint density at radius 3 is 2.26 bits per heavy atom. The number of carboxylic acid groups (broad SMARTS) is 1. The van der Waals surface area contributed by atoms with Crippen molar-refractivity contribution >= 4 is 12.1 Å². The Morgan fingerprint density at radius 2 is 1.89 bits per heavy atom. The van der Waals surface area contributed by atoms with Crippen molar-refractivity contribution in [3.05, 3.63) is 11.6 Å². The average Bonchev–Trinajstić information content (AvgIpc) is 2.57. The van der Waals surface area contributed by atoms with Crippen LogP contribution < -0.4 is 0 Å². The molecule has 0 saturated heterocycles. The van der Waals surface area contributed by atoms with Gasteiger partial charge in [0.1, 0.15) is 5.60 Å². The maximum Gasteiger partial charge on any atom is 0.414 e. The van der Waals surface area contributed by atoms with Crippen molar-refractivity contribution in [3.63, 3.8) is 0 Å². The lowest BCUT2D eigenvalue weighted by molar-refractivity contribution is -0.140. The Balaban J connectivity index is 2.92. The summed E-state index contributed by atoms with van der Waals surface area (Å²) in [5, 5.41) is 8.85. The molecular weight excluding hydrogens is 267 g/mol. The number of halogens is 3. The Labute approximate surface area is 107 Å². The van der Waals surface area contributed by atoms with E-state index in [-0.39, 0.29) is 0 Å². The van der Waals surface area contributed by atoms with E-state index in [1.807, 2.05) is 0 Å². The smallest absolute Gasteiger partial charge is 0.414 e. The molecule has 108 valence electrons. The lowest BCUT2D eigenvalue weighted by atomic mass is 10.2. The number of alkyl halides is 3. The molecule has 1 heterocycles. The fourth-order valence-corrected chi connectivity index (χ4v) is 1.50. The largest absolute Gasteiger partial charge is 0.479 e. The lowest BCUT2D eigenvalue weighted by Crippen LogP contribution is -2.44. The SMILES string of the molecule is CC(C)(C)OC(=O)N1CC(C(F)(F)F)=C[C@H]1C(=O)O. The zero-order valence-electron chi connectivity index (χ0n) is 10.6. The second-order valence-electron chi connectivity index (χ2n) is 5.08. The van der Waals surface area contributed by atoms with E-state index in [1.165, 1.54) is 20.8 Å². The van der Waals surface area contributed by atoms with Crippen LogP contribution >= 0.6 is 0 Å². The molecule has 19 heavy (non-hydrogen) atoms. The Kier molecular flexibility index (Phi) is 3.83. The topological polar surface area (TPSA) is 66.8 Å². The third-order valence-electron chi connectivity index (χ3n) is 2.28. The molecule has 0 saturated carbocycles. The van der Waals surface area contributed by atoms with Gasteiger partial charge in [-0.15, -0.1) is 0 Å². The number of carboxylic acids is 1. The molecule has 1 aliphatic heterocycles. The fourth-order valence-electron chi connectivity index (χ4n) is 1.50. The van der Waals surface area contributed by atoms with Crippen LogP contribution in [0.5, 0.6) is 0 Å². The van der Waals surface area contributed by atoms with E-state index in [9.17, 15) is 22.8 Å². The predicted octanol–water partition coefficient (Wildman–Crippen LogP) is 2.18. The molecule has 8 heteroatoms. The summed E-state index contributed by atoms with van der Waals surface area (Å²) in [6.07, 6.45) is -5.23. The molecule has 0 fully saturated rings. The number of ether oxygens (including phenoxy) is 1. The van der Waals surface area contributed by atoms with Gasteiger partial charge in [0.25, 0.3) is 0 Å². The van der Waals surface area contributed by atoms with Crippen LogP contribution in [-0.2, 0) is 9.53 Å². The molecule has 0 spiro atoms. The number of hydrogen-bond acceptors (Lipinski definition) is 3.